The summed E-state index contributed by atoms with van der Waals surface area (Å²) in [6.45, 7) is 6.06. The van der Waals surface area contributed by atoms with Crippen molar-refractivity contribution in [3.8, 4) is 11.5 Å². The van der Waals surface area contributed by atoms with E-state index >= 15 is 0 Å². The summed E-state index contributed by atoms with van der Waals surface area (Å²) in [5, 5.41) is 0. The number of fused-ring (bicyclic) bond motifs is 2. The van der Waals surface area contributed by atoms with Gasteiger partial charge in [0.05, 0.1) is 11.0 Å². The molecule has 1 fully saturated rings. The van der Waals surface area contributed by atoms with Gasteiger partial charge in [0.2, 0.25) is 0 Å². The topological polar surface area (TPSA) is 62.3 Å². The average Bonchev–Trinajstić information content (AvgIpc) is 3.21. The van der Waals surface area contributed by atoms with E-state index in [1.807, 2.05) is 19.9 Å². The van der Waals surface area contributed by atoms with Crippen LogP contribution in [-0.2, 0) is 6.54 Å². The highest BCUT2D eigenvalue weighted by Gasteiger charge is 2.31. The molecular weight excluding hydrogens is 266 g/mol. The predicted octanol–water partition coefficient (Wildman–Crippen LogP) is 2.42. The van der Waals surface area contributed by atoms with Crippen molar-refractivity contribution in [1.29, 1.82) is 0 Å². The van der Waals surface area contributed by atoms with Gasteiger partial charge in [0.25, 0.3) is 0 Å². The molecule has 112 valence electrons. The highest BCUT2D eigenvalue weighted by atomic mass is 16.6. The summed E-state index contributed by atoms with van der Waals surface area (Å²) in [6, 6.07) is 4.05. The summed E-state index contributed by atoms with van der Waals surface area (Å²) in [7, 11) is 0. The largest absolute Gasteiger partial charge is 0.486 e. The van der Waals surface area contributed by atoms with E-state index in [1.54, 1.807) is 0 Å². The molecule has 0 unspecified atom stereocenters. The Balaban J connectivity index is 1.88. The van der Waals surface area contributed by atoms with Gasteiger partial charge in [-0.15, -0.1) is 0 Å². The third-order valence-electron chi connectivity index (χ3n) is 3.95. The van der Waals surface area contributed by atoms with Crippen LogP contribution in [0, 0.1) is 0 Å². The van der Waals surface area contributed by atoms with Crippen molar-refractivity contribution in [2.75, 3.05) is 13.2 Å². The van der Waals surface area contributed by atoms with Crippen LogP contribution in [0.25, 0.3) is 11.0 Å². The number of hydrogen-bond donors (Lipinski definition) is 1. The van der Waals surface area contributed by atoms with E-state index in [9.17, 15) is 0 Å². The zero-order chi connectivity index (χ0) is 14.6. The van der Waals surface area contributed by atoms with E-state index in [4.69, 9.17) is 20.2 Å². The maximum atomic E-state index is 6.24. The van der Waals surface area contributed by atoms with Crippen LogP contribution in [0.5, 0.6) is 11.5 Å². The second-order valence-corrected chi connectivity index (χ2v) is 6.80. The lowest BCUT2D eigenvalue weighted by atomic mass is 10.1. The maximum Gasteiger partial charge on any atom is 0.163 e. The van der Waals surface area contributed by atoms with E-state index in [-0.39, 0.29) is 5.54 Å². The summed E-state index contributed by atoms with van der Waals surface area (Å²) >= 11 is 0. The first-order valence-corrected chi connectivity index (χ1v) is 7.60. The van der Waals surface area contributed by atoms with Gasteiger partial charge in [-0.1, -0.05) is 0 Å². The van der Waals surface area contributed by atoms with Gasteiger partial charge in [0.1, 0.15) is 19.0 Å². The van der Waals surface area contributed by atoms with Crippen LogP contribution in [0.15, 0.2) is 12.1 Å². The molecule has 1 aliphatic heterocycles. The third kappa shape index (κ3) is 2.35. The maximum absolute atomic E-state index is 6.24. The molecule has 0 radical (unpaired) electrons. The highest BCUT2D eigenvalue weighted by molar-refractivity contribution is 5.81. The van der Waals surface area contributed by atoms with Crippen LogP contribution in [0.1, 0.15) is 38.4 Å². The first-order valence-electron chi connectivity index (χ1n) is 7.60. The van der Waals surface area contributed by atoms with Gasteiger partial charge in [-0.25, -0.2) is 4.98 Å². The number of aromatic nitrogens is 2. The second kappa shape index (κ2) is 4.37. The molecule has 0 saturated heterocycles. The van der Waals surface area contributed by atoms with E-state index in [0.717, 1.165) is 34.9 Å². The molecule has 1 saturated carbocycles. The van der Waals surface area contributed by atoms with E-state index in [2.05, 4.69) is 10.6 Å². The van der Waals surface area contributed by atoms with Crippen molar-refractivity contribution >= 4 is 11.0 Å². The minimum Gasteiger partial charge on any atom is -0.486 e. The fourth-order valence-electron chi connectivity index (χ4n) is 2.91. The molecule has 2 aliphatic rings. The zero-order valence-corrected chi connectivity index (χ0v) is 12.6. The van der Waals surface area contributed by atoms with Crippen LogP contribution < -0.4 is 15.2 Å². The molecule has 0 atom stereocenters. The SMILES string of the molecule is CC(C)(N)Cn1c(C2CC2)nc2cc3c(cc21)OCCO3. The van der Waals surface area contributed by atoms with Gasteiger partial charge >= 0.3 is 0 Å². The second-order valence-electron chi connectivity index (χ2n) is 6.80. The number of imidazole rings is 1. The monoisotopic (exact) mass is 287 g/mol. The van der Waals surface area contributed by atoms with Gasteiger partial charge in [-0.2, -0.15) is 0 Å². The molecule has 2 N–H and O–H groups in total. The Morgan fingerprint density at radius 2 is 1.90 bits per heavy atom. The van der Waals surface area contributed by atoms with Crippen LogP contribution in [0.3, 0.4) is 0 Å². The Bertz CT molecular complexity index is 696. The lowest BCUT2D eigenvalue weighted by Crippen LogP contribution is -2.37. The summed E-state index contributed by atoms with van der Waals surface area (Å²) < 4.78 is 13.6. The molecule has 21 heavy (non-hydrogen) atoms. The zero-order valence-electron chi connectivity index (χ0n) is 12.6. The highest BCUT2D eigenvalue weighted by Crippen LogP contribution is 2.43. The van der Waals surface area contributed by atoms with Gasteiger partial charge < -0.3 is 19.8 Å². The molecule has 4 rings (SSSR count). The Labute approximate surface area is 124 Å². The fourth-order valence-corrected chi connectivity index (χ4v) is 2.91. The molecular formula is C16H21N3O2. The normalized spacial score (nSPS) is 18.2. The van der Waals surface area contributed by atoms with Crippen molar-refractivity contribution in [1.82, 2.24) is 9.55 Å². The van der Waals surface area contributed by atoms with Crippen LogP contribution in [0.4, 0.5) is 0 Å². The molecule has 5 nitrogen and oxygen atoms in total. The number of hydrogen-bond acceptors (Lipinski definition) is 4. The van der Waals surface area contributed by atoms with Crippen LogP contribution >= 0.6 is 0 Å². The van der Waals surface area contributed by atoms with Gasteiger partial charge in [0, 0.05) is 30.1 Å². The van der Waals surface area contributed by atoms with Crippen molar-refractivity contribution in [3.05, 3.63) is 18.0 Å². The molecule has 5 heteroatoms. The number of benzene rings is 1. The summed E-state index contributed by atoms with van der Waals surface area (Å²) in [6.07, 6.45) is 2.45. The smallest absolute Gasteiger partial charge is 0.163 e. The third-order valence-corrected chi connectivity index (χ3v) is 3.95. The Kier molecular flexibility index (Phi) is 2.70. The van der Waals surface area contributed by atoms with Crippen LogP contribution in [0.2, 0.25) is 0 Å². The van der Waals surface area contributed by atoms with Crippen molar-refractivity contribution in [2.45, 2.75) is 44.7 Å². The number of nitrogens with two attached hydrogens (primary N) is 1. The standard InChI is InChI=1S/C16H21N3O2/c1-16(2,17)9-19-12-8-14-13(20-5-6-21-14)7-11(12)18-15(19)10-3-4-10/h7-8,10H,3-6,9,17H2,1-2H3. The van der Waals surface area contributed by atoms with E-state index < -0.39 is 0 Å². The molecule has 1 aromatic carbocycles. The van der Waals surface area contributed by atoms with Gasteiger partial charge in [-0.3, -0.25) is 0 Å². The van der Waals surface area contributed by atoms with E-state index in [0.29, 0.717) is 19.1 Å². The Morgan fingerprint density at radius 3 is 2.52 bits per heavy atom. The number of rotatable bonds is 3. The van der Waals surface area contributed by atoms with Gasteiger partial charge in [0.15, 0.2) is 11.5 Å². The first kappa shape index (κ1) is 13.0. The predicted molar refractivity (Wildman–Crippen MR) is 81.0 cm³/mol. The summed E-state index contributed by atoms with van der Waals surface area (Å²) in [5.74, 6) is 3.35. The number of ether oxygens (including phenoxy) is 2. The van der Waals surface area contributed by atoms with Crippen molar-refractivity contribution in [3.63, 3.8) is 0 Å². The molecule has 0 amide bonds. The van der Waals surface area contributed by atoms with Crippen molar-refractivity contribution in [2.24, 2.45) is 5.73 Å². The van der Waals surface area contributed by atoms with E-state index in [1.165, 1.54) is 12.8 Å². The molecule has 0 bridgehead atoms. The Hall–Kier alpha value is -1.75. The molecule has 0 spiro atoms. The van der Waals surface area contributed by atoms with Crippen LogP contribution in [-0.4, -0.2) is 28.3 Å². The lowest BCUT2D eigenvalue weighted by Gasteiger charge is -2.22. The molecule has 2 aromatic rings. The average molecular weight is 287 g/mol. The fraction of sp³-hybridized carbons (Fsp3) is 0.562. The summed E-state index contributed by atoms with van der Waals surface area (Å²) in [5.41, 5.74) is 8.04. The molecule has 2 heterocycles. The molecule has 1 aromatic heterocycles. The van der Waals surface area contributed by atoms with Gasteiger partial charge in [-0.05, 0) is 26.7 Å². The van der Waals surface area contributed by atoms with Crippen molar-refractivity contribution < 1.29 is 9.47 Å². The first-order chi connectivity index (χ1) is 10.0. The summed E-state index contributed by atoms with van der Waals surface area (Å²) in [4.78, 5) is 4.84. The minimum absolute atomic E-state index is 0.273. The minimum atomic E-state index is -0.273. The lowest BCUT2D eigenvalue weighted by molar-refractivity contribution is 0.172. The quantitative estimate of drug-likeness (QED) is 0.941. The number of nitrogens with zero attached hydrogens (tertiary/aromatic N) is 2. The molecule has 1 aliphatic carbocycles. The Morgan fingerprint density at radius 1 is 1.24 bits per heavy atom.